The van der Waals surface area contributed by atoms with Gasteiger partial charge in [-0.2, -0.15) is 0 Å². The number of fused-ring (bicyclic) bond motifs is 1. The smallest absolute Gasteiger partial charge is 0.335 e. The Hall–Kier alpha value is -1.71. The number of hydrogen-bond acceptors (Lipinski definition) is 3. The van der Waals surface area contributed by atoms with E-state index in [1.54, 1.807) is 6.07 Å². The average Bonchev–Trinajstić information content (AvgIpc) is 2.27. The van der Waals surface area contributed by atoms with Gasteiger partial charge in [0.2, 0.25) is 0 Å². The molecule has 0 aromatic heterocycles. The van der Waals surface area contributed by atoms with Crippen LogP contribution in [-0.2, 0) is 0 Å². The Kier molecular flexibility index (Phi) is 2.49. The summed E-state index contributed by atoms with van der Waals surface area (Å²) in [4.78, 5) is 10.7. The quantitative estimate of drug-likeness (QED) is 0.806. The Bertz CT molecular complexity index is 386. The van der Waals surface area contributed by atoms with E-state index in [1.165, 1.54) is 12.1 Å². The molecule has 15 heavy (non-hydrogen) atoms. The van der Waals surface area contributed by atoms with Crippen molar-refractivity contribution in [3.8, 4) is 11.5 Å². The fraction of sp³-hybridized carbons (Fsp3) is 0.364. The summed E-state index contributed by atoms with van der Waals surface area (Å²) in [5.74, 6) is 0.178. The molecule has 1 aliphatic heterocycles. The standard InChI is InChI=1S/C11H12O4/c1-2-8-6-14-9-4-3-7(11(12)13)5-10(9)15-8/h3-5,8H,2,6H2,1H3,(H,12,13)/t8-/m0/s1. The van der Waals surface area contributed by atoms with Gasteiger partial charge in [-0.15, -0.1) is 0 Å². The van der Waals surface area contributed by atoms with Crippen molar-refractivity contribution in [1.29, 1.82) is 0 Å². The Morgan fingerprint density at radius 2 is 2.33 bits per heavy atom. The van der Waals surface area contributed by atoms with Crippen LogP contribution in [0.4, 0.5) is 0 Å². The van der Waals surface area contributed by atoms with Crippen molar-refractivity contribution in [2.24, 2.45) is 0 Å². The zero-order valence-electron chi connectivity index (χ0n) is 8.40. The molecule has 0 aliphatic carbocycles. The Morgan fingerprint density at radius 1 is 1.53 bits per heavy atom. The Morgan fingerprint density at radius 3 is 3.00 bits per heavy atom. The van der Waals surface area contributed by atoms with Crippen molar-refractivity contribution in [2.75, 3.05) is 6.61 Å². The fourth-order valence-corrected chi connectivity index (χ4v) is 1.45. The first kappa shape index (κ1) is 9.83. The van der Waals surface area contributed by atoms with Crippen LogP contribution in [0, 0.1) is 0 Å². The van der Waals surface area contributed by atoms with Gasteiger partial charge < -0.3 is 14.6 Å². The molecular weight excluding hydrogens is 196 g/mol. The van der Waals surface area contributed by atoms with Gasteiger partial charge in [0.25, 0.3) is 0 Å². The van der Waals surface area contributed by atoms with Crippen molar-refractivity contribution >= 4 is 5.97 Å². The van der Waals surface area contributed by atoms with Crippen LogP contribution in [0.25, 0.3) is 0 Å². The number of aromatic carboxylic acids is 1. The fourth-order valence-electron chi connectivity index (χ4n) is 1.45. The van der Waals surface area contributed by atoms with E-state index in [2.05, 4.69) is 0 Å². The highest BCUT2D eigenvalue weighted by atomic mass is 16.6. The normalized spacial score (nSPS) is 18.6. The first-order chi connectivity index (χ1) is 7.20. The summed E-state index contributed by atoms with van der Waals surface area (Å²) in [6.07, 6.45) is 0.859. The molecule has 0 amide bonds. The van der Waals surface area contributed by atoms with E-state index in [-0.39, 0.29) is 11.7 Å². The molecule has 1 aliphatic rings. The summed E-state index contributed by atoms with van der Waals surface area (Å²) < 4.78 is 11.0. The van der Waals surface area contributed by atoms with Gasteiger partial charge in [-0.05, 0) is 24.6 Å². The van der Waals surface area contributed by atoms with Gasteiger partial charge in [0, 0.05) is 0 Å². The highest BCUT2D eigenvalue weighted by Gasteiger charge is 2.20. The van der Waals surface area contributed by atoms with Crippen molar-refractivity contribution in [3.05, 3.63) is 23.8 Å². The zero-order valence-corrected chi connectivity index (χ0v) is 8.40. The Labute approximate surface area is 87.4 Å². The van der Waals surface area contributed by atoms with Gasteiger partial charge in [0.15, 0.2) is 11.5 Å². The van der Waals surface area contributed by atoms with Crippen LogP contribution in [0.2, 0.25) is 0 Å². The van der Waals surface area contributed by atoms with Crippen LogP contribution >= 0.6 is 0 Å². The third-order valence-corrected chi connectivity index (χ3v) is 2.36. The Balaban J connectivity index is 2.30. The first-order valence-electron chi connectivity index (χ1n) is 4.87. The molecule has 0 spiro atoms. The lowest BCUT2D eigenvalue weighted by Crippen LogP contribution is -2.28. The lowest BCUT2D eigenvalue weighted by Gasteiger charge is -2.25. The minimum Gasteiger partial charge on any atom is -0.486 e. The molecule has 0 saturated heterocycles. The van der Waals surface area contributed by atoms with Crippen LogP contribution in [0.3, 0.4) is 0 Å². The molecule has 0 radical (unpaired) electrons. The van der Waals surface area contributed by atoms with Crippen LogP contribution in [0.5, 0.6) is 11.5 Å². The number of carbonyl (C=O) groups is 1. The predicted octanol–water partition coefficient (Wildman–Crippen LogP) is 1.93. The minimum absolute atomic E-state index is 0.0153. The molecule has 2 rings (SSSR count). The molecule has 1 aromatic carbocycles. The van der Waals surface area contributed by atoms with E-state index in [0.29, 0.717) is 18.1 Å². The number of carboxylic acid groups (broad SMARTS) is 1. The molecule has 1 N–H and O–H groups in total. The molecule has 0 bridgehead atoms. The molecule has 0 unspecified atom stereocenters. The second-order valence-electron chi connectivity index (χ2n) is 3.43. The lowest BCUT2D eigenvalue weighted by molar-refractivity contribution is 0.0690. The van der Waals surface area contributed by atoms with Crippen LogP contribution < -0.4 is 9.47 Å². The maximum absolute atomic E-state index is 10.7. The second-order valence-corrected chi connectivity index (χ2v) is 3.43. The van der Waals surface area contributed by atoms with Crippen molar-refractivity contribution < 1.29 is 19.4 Å². The molecule has 1 heterocycles. The first-order valence-corrected chi connectivity index (χ1v) is 4.87. The third-order valence-electron chi connectivity index (χ3n) is 2.36. The number of hydrogen-bond donors (Lipinski definition) is 1. The average molecular weight is 208 g/mol. The summed E-state index contributed by atoms with van der Waals surface area (Å²) >= 11 is 0. The molecular formula is C11H12O4. The number of ether oxygens (including phenoxy) is 2. The molecule has 1 aromatic rings. The summed E-state index contributed by atoms with van der Waals surface area (Å²) in [6.45, 7) is 2.52. The van der Waals surface area contributed by atoms with Gasteiger partial charge in [0.05, 0.1) is 5.56 Å². The van der Waals surface area contributed by atoms with E-state index < -0.39 is 5.97 Å². The molecule has 1 atom stereocenters. The van der Waals surface area contributed by atoms with Crippen LogP contribution in [-0.4, -0.2) is 23.8 Å². The summed E-state index contributed by atoms with van der Waals surface area (Å²) in [7, 11) is 0. The molecule has 80 valence electrons. The van der Waals surface area contributed by atoms with E-state index in [9.17, 15) is 4.79 Å². The van der Waals surface area contributed by atoms with Gasteiger partial charge in [-0.3, -0.25) is 0 Å². The second kappa shape index (κ2) is 3.81. The zero-order chi connectivity index (χ0) is 10.8. The minimum atomic E-state index is -0.958. The van der Waals surface area contributed by atoms with Crippen molar-refractivity contribution in [1.82, 2.24) is 0 Å². The van der Waals surface area contributed by atoms with Crippen LogP contribution in [0.15, 0.2) is 18.2 Å². The summed E-state index contributed by atoms with van der Waals surface area (Å²) in [6, 6.07) is 4.64. The SMILES string of the molecule is CC[C@H]1COc2ccc(C(=O)O)cc2O1. The van der Waals surface area contributed by atoms with E-state index in [0.717, 1.165) is 6.42 Å². The van der Waals surface area contributed by atoms with Gasteiger partial charge in [0.1, 0.15) is 12.7 Å². The summed E-state index contributed by atoms with van der Waals surface area (Å²) in [5, 5.41) is 8.81. The number of rotatable bonds is 2. The topological polar surface area (TPSA) is 55.8 Å². The number of carboxylic acids is 1. The highest BCUT2D eigenvalue weighted by molar-refractivity contribution is 5.88. The highest BCUT2D eigenvalue weighted by Crippen LogP contribution is 2.33. The van der Waals surface area contributed by atoms with E-state index >= 15 is 0 Å². The monoisotopic (exact) mass is 208 g/mol. The van der Waals surface area contributed by atoms with E-state index in [4.69, 9.17) is 14.6 Å². The third kappa shape index (κ3) is 1.88. The maximum atomic E-state index is 10.7. The van der Waals surface area contributed by atoms with Crippen LogP contribution in [0.1, 0.15) is 23.7 Å². The summed E-state index contributed by atoms with van der Waals surface area (Å²) in [5.41, 5.74) is 0.217. The van der Waals surface area contributed by atoms with E-state index in [1.807, 2.05) is 6.92 Å². The van der Waals surface area contributed by atoms with Crippen molar-refractivity contribution in [3.63, 3.8) is 0 Å². The van der Waals surface area contributed by atoms with Crippen molar-refractivity contribution in [2.45, 2.75) is 19.4 Å². The molecule has 4 nitrogen and oxygen atoms in total. The van der Waals surface area contributed by atoms with Gasteiger partial charge in [-0.25, -0.2) is 4.79 Å². The van der Waals surface area contributed by atoms with Gasteiger partial charge >= 0.3 is 5.97 Å². The lowest BCUT2D eigenvalue weighted by atomic mass is 10.2. The molecule has 4 heteroatoms. The maximum Gasteiger partial charge on any atom is 0.335 e. The predicted molar refractivity (Wildman–Crippen MR) is 53.6 cm³/mol. The molecule has 0 fully saturated rings. The molecule has 0 saturated carbocycles. The number of benzene rings is 1. The largest absolute Gasteiger partial charge is 0.486 e. The van der Waals surface area contributed by atoms with Gasteiger partial charge in [-0.1, -0.05) is 6.92 Å².